The molecule has 1 unspecified atom stereocenters. The third-order valence-electron chi connectivity index (χ3n) is 6.90. The van der Waals surface area contributed by atoms with Crippen molar-refractivity contribution in [1.29, 1.82) is 0 Å². The Balaban J connectivity index is 1.52. The molecule has 12 heteroatoms. The van der Waals surface area contributed by atoms with Gasteiger partial charge in [0.2, 0.25) is 0 Å². The largest absolute Gasteiger partial charge is 0.448 e. The third-order valence-corrected chi connectivity index (χ3v) is 8.52. The Morgan fingerprint density at radius 2 is 1.64 bits per heavy atom. The van der Waals surface area contributed by atoms with Gasteiger partial charge in [-0.1, -0.05) is 60.7 Å². The Morgan fingerprint density at radius 3 is 2.17 bits per heavy atom. The molecule has 2 saturated heterocycles. The predicted octanol–water partition coefficient (Wildman–Crippen LogP) is 2.95. The highest BCUT2D eigenvalue weighted by atomic mass is 32.2. The summed E-state index contributed by atoms with van der Waals surface area (Å²) in [6.45, 7) is 5.08. The number of hydrogen-bond donors (Lipinski definition) is 2. The van der Waals surface area contributed by atoms with E-state index in [2.05, 4.69) is 5.32 Å². The van der Waals surface area contributed by atoms with Crippen molar-refractivity contribution in [2.45, 2.75) is 50.3 Å². The van der Waals surface area contributed by atoms with Gasteiger partial charge >= 0.3 is 12.1 Å². The summed E-state index contributed by atoms with van der Waals surface area (Å²) in [6, 6.07) is 17.0. The van der Waals surface area contributed by atoms with Gasteiger partial charge in [0, 0.05) is 5.57 Å². The molecular formula is C30H31N3O8S. The zero-order chi connectivity index (χ0) is 30.2. The molecular weight excluding hydrogens is 562 g/mol. The van der Waals surface area contributed by atoms with Crippen LogP contribution in [0, 0.1) is 0 Å². The Kier molecular flexibility index (Phi) is 8.02. The molecule has 42 heavy (non-hydrogen) atoms. The molecule has 0 radical (unpaired) electrons. The minimum Gasteiger partial charge on any atom is -0.448 e. The van der Waals surface area contributed by atoms with Gasteiger partial charge in [0.15, 0.2) is 6.10 Å². The number of nitrogens with one attached hydrogen (secondary N) is 1. The van der Waals surface area contributed by atoms with Crippen LogP contribution in [0.5, 0.6) is 0 Å². The molecule has 11 nitrogen and oxygen atoms in total. The lowest BCUT2D eigenvalue weighted by Crippen LogP contribution is -2.73. The van der Waals surface area contributed by atoms with Crippen molar-refractivity contribution in [3.63, 3.8) is 0 Å². The summed E-state index contributed by atoms with van der Waals surface area (Å²) in [5.74, 6) is -2.36. The first-order valence-corrected chi connectivity index (χ1v) is 14.8. The van der Waals surface area contributed by atoms with Crippen LogP contribution in [0.25, 0.3) is 0 Å². The molecule has 0 spiro atoms. The van der Waals surface area contributed by atoms with Crippen molar-refractivity contribution >= 4 is 34.7 Å². The van der Waals surface area contributed by atoms with E-state index in [0.717, 1.165) is 4.90 Å². The molecule has 2 aromatic carbocycles. The van der Waals surface area contributed by atoms with Gasteiger partial charge < -0.3 is 14.8 Å². The van der Waals surface area contributed by atoms with E-state index in [1.54, 1.807) is 20.8 Å². The van der Waals surface area contributed by atoms with Crippen LogP contribution in [0.15, 0.2) is 83.6 Å². The SMILES string of the molecule is CC(C)(C)OC(=O)N[C@@H]1C(=O)N2C(C(=O)OC(c3ccccc3)c3ccccc3)=C(/C=C3\CCN(O)C3=O)CS(=O)[C@H]12. The molecule has 3 amide bonds. The van der Waals surface area contributed by atoms with Crippen molar-refractivity contribution in [2.75, 3.05) is 12.3 Å². The molecule has 2 N–H and O–H groups in total. The number of hydroxylamine groups is 2. The molecule has 2 fully saturated rings. The summed E-state index contributed by atoms with van der Waals surface area (Å²) in [5.41, 5.74) is 0.754. The zero-order valence-electron chi connectivity index (χ0n) is 23.3. The van der Waals surface area contributed by atoms with Crippen molar-refractivity contribution in [2.24, 2.45) is 0 Å². The number of β-lactam (4-membered cyclic amide) rings is 1. The second-order valence-corrected chi connectivity index (χ2v) is 12.6. The molecule has 3 aliphatic rings. The van der Waals surface area contributed by atoms with E-state index in [1.165, 1.54) is 6.08 Å². The Labute approximate surface area is 245 Å². The van der Waals surface area contributed by atoms with Crippen molar-refractivity contribution < 1.29 is 38.1 Å². The number of fused-ring (bicyclic) bond motifs is 1. The van der Waals surface area contributed by atoms with Gasteiger partial charge in [-0.3, -0.25) is 23.9 Å². The quantitative estimate of drug-likeness (QED) is 0.225. The minimum atomic E-state index is -1.75. The summed E-state index contributed by atoms with van der Waals surface area (Å²) in [5, 5.41) is 11.8. The highest BCUT2D eigenvalue weighted by Gasteiger charge is 2.57. The number of esters is 1. The molecule has 0 aliphatic carbocycles. The highest BCUT2D eigenvalue weighted by Crippen LogP contribution is 2.38. The van der Waals surface area contributed by atoms with Crippen LogP contribution >= 0.6 is 0 Å². The van der Waals surface area contributed by atoms with Crippen molar-refractivity contribution in [1.82, 2.24) is 15.3 Å². The lowest BCUT2D eigenvalue weighted by molar-refractivity contribution is -0.154. The molecule has 3 aliphatic heterocycles. The van der Waals surface area contributed by atoms with Crippen LogP contribution < -0.4 is 5.32 Å². The predicted molar refractivity (Wildman–Crippen MR) is 151 cm³/mol. The fourth-order valence-corrected chi connectivity index (χ4v) is 6.66. The van der Waals surface area contributed by atoms with E-state index in [0.29, 0.717) is 16.2 Å². The first-order valence-electron chi connectivity index (χ1n) is 13.4. The zero-order valence-corrected chi connectivity index (χ0v) is 24.1. The number of ether oxygens (including phenoxy) is 2. The van der Waals surface area contributed by atoms with E-state index >= 15 is 0 Å². The van der Waals surface area contributed by atoms with Gasteiger partial charge in [-0.2, -0.15) is 0 Å². The lowest BCUT2D eigenvalue weighted by atomic mass is 10.00. The maximum Gasteiger partial charge on any atom is 0.408 e. The van der Waals surface area contributed by atoms with Gasteiger partial charge in [-0.15, -0.1) is 0 Å². The number of benzene rings is 2. The number of carbonyl (C=O) groups excluding carboxylic acids is 4. The lowest BCUT2D eigenvalue weighted by Gasteiger charge is -2.49. The smallest absolute Gasteiger partial charge is 0.408 e. The second kappa shape index (κ2) is 11.5. The third kappa shape index (κ3) is 5.86. The van der Waals surface area contributed by atoms with E-state index in [9.17, 15) is 28.6 Å². The maximum atomic E-state index is 14.0. The summed E-state index contributed by atoms with van der Waals surface area (Å²) >= 11 is 0. The standard InChI is InChI=1S/C30H31N3O8S/c1-30(2,3)41-29(37)31-22-26(35)33-23(21(17-42(39)27(22)33)16-20-14-15-32(38)25(20)34)28(36)40-24(18-10-6-4-7-11-18)19-12-8-5-9-13-19/h4-13,16,22,24,27,38H,14-15,17H2,1-3H3,(H,31,37)/b20-16+/t22-,27-,42?/m1/s1. The number of rotatable bonds is 6. The summed E-state index contributed by atoms with van der Waals surface area (Å²) in [7, 11) is -1.75. The van der Waals surface area contributed by atoms with E-state index in [4.69, 9.17) is 9.47 Å². The monoisotopic (exact) mass is 593 g/mol. The van der Waals surface area contributed by atoms with Crippen LogP contribution in [0.2, 0.25) is 0 Å². The molecule has 3 heterocycles. The van der Waals surface area contributed by atoms with Crippen molar-refractivity contribution in [3.8, 4) is 0 Å². The summed E-state index contributed by atoms with van der Waals surface area (Å²) in [6.07, 6.45) is -0.0952. The molecule has 220 valence electrons. The van der Waals surface area contributed by atoms with Crippen LogP contribution in [0.4, 0.5) is 4.79 Å². The van der Waals surface area contributed by atoms with Gasteiger partial charge in [0.25, 0.3) is 11.8 Å². The van der Waals surface area contributed by atoms with Crippen LogP contribution in [0.1, 0.15) is 44.4 Å². The van der Waals surface area contributed by atoms with Crippen molar-refractivity contribution in [3.05, 3.63) is 94.7 Å². The van der Waals surface area contributed by atoms with Gasteiger partial charge in [-0.25, -0.2) is 14.7 Å². The number of hydrogen-bond acceptors (Lipinski definition) is 8. The van der Waals surface area contributed by atoms with E-state index in [1.807, 2.05) is 60.7 Å². The second-order valence-electron chi connectivity index (χ2n) is 11.1. The Morgan fingerprint density at radius 1 is 1.05 bits per heavy atom. The number of carbonyl (C=O) groups is 4. The molecule has 5 rings (SSSR count). The molecule has 0 bridgehead atoms. The van der Waals surface area contributed by atoms with Crippen LogP contribution in [-0.2, 0) is 34.7 Å². The van der Waals surface area contributed by atoms with Gasteiger partial charge in [-0.05, 0) is 50.0 Å². The average Bonchev–Trinajstić information content (AvgIpc) is 3.26. The fourth-order valence-electron chi connectivity index (χ4n) is 5.03. The number of amides is 3. The molecule has 3 atom stereocenters. The van der Waals surface area contributed by atoms with Crippen LogP contribution in [-0.4, -0.2) is 72.6 Å². The Hall–Kier alpha value is -4.29. The first kappa shape index (κ1) is 29.2. The van der Waals surface area contributed by atoms with E-state index in [-0.39, 0.29) is 35.6 Å². The van der Waals surface area contributed by atoms with Gasteiger partial charge in [0.05, 0.1) is 23.1 Å². The summed E-state index contributed by atoms with van der Waals surface area (Å²) < 4.78 is 24.7. The average molecular weight is 594 g/mol. The first-order chi connectivity index (χ1) is 19.9. The molecule has 2 aromatic rings. The van der Waals surface area contributed by atoms with Gasteiger partial charge in [0.1, 0.15) is 22.7 Å². The topological polar surface area (TPSA) is 143 Å². The van der Waals surface area contributed by atoms with E-state index < -0.39 is 57.8 Å². The Bertz CT molecular complexity index is 1460. The number of nitrogens with zero attached hydrogens (tertiary/aromatic N) is 2. The maximum absolute atomic E-state index is 14.0. The number of allylic oxidation sites excluding steroid dienone is 1. The minimum absolute atomic E-state index is 0.0675. The summed E-state index contributed by atoms with van der Waals surface area (Å²) in [4.78, 5) is 53.4. The molecule has 0 aromatic heterocycles. The fraction of sp³-hybridized carbons (Fsp3) is 0.333. The molecule has 0 saturated carbocycles. The highest BCUT2D eigenvalue weighted by molar-refractivity contribution is 7.86. The number of alkyl carbamates (subject to hydrolysis) is 1. The van der Waals surface area contributed by atoms with Crippen LogP contribution in [0.3, 0.4) is 0 Å². The normalized spacial score (nSPS) is 23.2.